The first-order valence-corrected chi connectivity index (χ1v) is 8.76. The first kappa shape index (κ1) is 23.9. The Morgan fingerprint density at radius 3 is 2.39 bits per heavy atom. The lowest BCUT2D eigenvalue weighted by Gasteiger charge is -2.20. The number of hydrogen-bond acceptors (Lipinski definition) is 6. The van der Waals surface area contributed by atoms with Crippen molar-refractivity contribution in [3.63, 3.8) is 0 Å². The minimum Gasteiger partial charge on any atom is -0.480 e. The van der Waals surface area contributed by atoms with Crippen molar-refractivity contribution in [1.29, 1.82) is 0 Å². The van der Waals surface area contributed by atoms with Gasteiger partial charge in [-0.15, -0.1) is 0 Å². The predicted molar refractivity (Wildman–Crippen MR) is 100 cm³/mol. The Bertz CT molecular complexity index is 1010. The molecule has 0 saturated carbocycles. The van der Waals surface area contributed by atoms with Crippen molar-refractivity contribution in [3.8, 4) is 11.5 Å². The highest BCUT2D eigenvalue weighted by Gasteiger charge is 2.31. The fourth-order valence-electron chi connectivity index (χ4n) is 2.50. The Morgan fingerprint density at radius 1 is 1.19 bits per heavy atom. The van der Waals surface area contributed by atoms with Crippen LogP contribution in [0.3, 0.4) is 0 Å². The second-order valence-electron chi connectivity index (χ2n) is 6.03. The van der Waals surface area contributed by atoms with E-state index in [1.165, 1.54) is 0 Å². The summed E-state index contributed by atoms with van der Waals surface area (Å²) in [6.45, 7) is -1.82. The second-order valence-corrected chi connectivity index (χ2v) is 6.43. The molecule has 9 nitrogen and oxygen atoms in total. The van der Waals surface area contributed by atoms with E-state index in [2.05, 4.69) is 0 Å². The molecule has 0 aliphatic carbocycles. The molecule has 0 radical (unpaired) electrons. The van der Waals surface area contributed by atoms with Gasteiger partial charge in [0.25, 0.3) is 11.6 Å². The Hall–Kier alpha value is -3.38. The Labute approximate surface area is 177 Å². The lowest BCUT2D eigenvalue weighted by Crippen LogP contribution is -2.38. The molecule has 0 aromatic heterocycles. The van der Waals surface area contributed by atoms with Gasteiger partial charge in [-0.25, -0.2) is 0 Å². The topological polar surface area (TPSA) is 130 Å². The third-order valence-corrected chi connectivity index (χ3v) is 4.16. The van der Waals surface area contributed by atoms with Gasteiger partial charge in [0, 0.05) is 18.7 Å². The summed E-state index contributed by atoms with van der Waals surface area (Å²) in [6, 6.07) is 5.23. The summed E-state index contributed by atoms with van der Waals surface area (Å²) in [5.74, 6) is -2.85. The van der Waals surface area contributed by atoms with Crippen molar-refractivity contribution in [1.82, 2.24) is 4.90 Å². The minimum absolute atomic E-state index is 0.171. The highest BCUT2D eigenvalue weighted by molar-refractivity contribution is 6.32. The minimum atomic E-state index is -4.63. The molecule has 2 aromatic carbocycles. The molecule has 0 saturated heterocycles. The molecule has 31 heavy (non-hydrogen) atoms. The number of halogens is 4. The molecule has 2 N–H and O–H groups in total. The number of ether oxygens (including phenoxy) is 1. The van der Waals surface area contributed by atoms with Crippen LogP contribution in [-0.4, -0.2) is 51.6 Å². The third-order valence-electron chi connectivity index (χ3n) is 3.87. The van der Waals surface area contributed by atoms with Crippen LogP contribution in [-0.2, 0) is 11.0 Å². The van der Waals surface area contributed by atoms with E-state index in [1.54, 1.807) is 0 Å². The second kappa shape index (κ2) is 9.62. The summed E-state index contributed by atoms with van der Waals surface area (Å²) in [5, 5.41) is 28.8. The first-order valence-electron chi connectivity index (χ1n) is 8.39. The van der Waals surface area contributed by atoms with Crippen molar-refractivity contribution in [2.75, 3.05) is 19.7 Å². The molecule has 0 unspecified atom stereocenters. The van der Waals surface area contributed by atoms with E-state index in [1.807, 2.05) is 0 Å². The lowest BCUT2D eigenvalue weighted by molar-refractivity contribution is -0.385. The molecule has 166 valence electrons. The number of aliphatic carboxylic acids is 1. The van der Waals surface area contributed by atoms with E-state index in [-0.39, 0.29) is 11.5 Å². The van der Waals surface area contributed by atoms with E-state index in [9.17, 15) is 32.9 Å². The quantitative estimate of drug-likeness (QED) is 0.453. The SMILES string of the molecule is O=C(O)CN(CCO)C(=O)c1cc(Oc2ccc(C(F)(F)F)cc2Cl)ccc1[N+](=O)[O-]. The molecule has 2 rings (SSSR count). The number of carboxylic acid groups (broad SMARTS) is 1. The fourth-order valence-corrected chi connectivity index (χ4v) is 2.72. The van der Waals surface area contributed by atoms with Crippen LogP contribution in [0, 0.1) is 10.1 Å². The Balaban J connectivity index is 2.42. The van der Waals surface area contributed by atoms with Gasteiger partial charge in [0.15, 0.2) is 0 Å². The molecular weight excluding hydrogens is 449 g/mol. The summed E-state index contributed by atoms with van der Waals surface area (Å²) >= 11 is 5.82. The normalized spacial score (nSPS) is 11.1. The van der Waals surface area contributed by atoms with Crippen LogP contribution >= 0.6 is 11.6 Å². The number of nitro groups is 1. The van der Waals surface area contributed by atoms with Crippen molar-refractivity contribution < 1.29 is 42.6 Å². The summed E-state index contributed by atoms with van der Waals surface area (Å²) in [5.41, 5.74) is -2.22. The van der Waals surface area contributed by atoms with E-state index >= 15 is 0 Å². The molecule has 0 aliphatic heterocycles. The number of alkyl halides is 3. The van der Waals surface area contributed by atoms with Crippen LogP contribution in [0.1, 0.15) is 15.9 Å². The van der Waals surface area contributed by atoms with Crippen LogP contribution < -0.4 is 4.74 Å². The maximum absolute atomic E-state index is 12.8. The van der Waals surface area contributed by atoms with Gasteiger partial charge in [0.1, 0.15) is 23.6 Å². The first-order chi connectivity index (χ1) is 14.4. The Morgan fingerprint density at radius 2 is 1.87 bits per heavy atom. The van der Waals surface area contributed by atoms with Crippen molar-refractivity contribution in [2.24, 2.45) is 0 Å². The van der Waals surface area contributed by atoms with E-state index < -0.39 is 64.5 Å². The molecule has 0 heterocycles. The molecule has 2 aromatic rings. The molecule has 0 fully saturated rings. The summed E-state index contributed by atoms with van der Waals surface area (Å²) in [4.78, 5) is 34.7. The molecule has 1 amide bonds. The Kier molecular flexibility index (Phi) is 7.41. The lowest BCUT2D eigenvalue weighted by atomic mass is 10.1. The van der Waals surface area contributed by atoms with Gasteiger partial charge in [0.2, 0.25) is 0 Å². The summed E-state index contributed by atoms with van der Waals surface area (Å²) in [6.07, 6.45) is -4.63. The van der Waals surface area contributed by atoms with Gasteiger partial charge in [-0.05, 0) is 24.3 Å². The van der Waals surface area contributed by atoms with Crippen LogP contribution in [0.4, 0.5) is 18.9 Å². The maximum atomic E-state index is 12.8. The fraction of sp³-hybridized carbons (Fsp3) is 0.222. The number of hydrogen-bond donors (Lipinski definition) is 2. The molecule has 0 atom stereocenters. The van der Waals surface area contributed by atoms with Crippen LogP contribution in [0.15, 0.2) is 36.4 Å². The zero-order valence-corrected chi connectivity index (χ0v) is 16.2. The van der Waals surface area contributed by atoms with Crippen molar-refractivity contribution in [2.45, 2.75) is 6.18 Å². The number of rotatable bonds is 8. The van der Waals surface area contributed by atoms with Gasteiger partial charge in [-0.2, -0.15) is 13.2 Å². The number of carbonyl (C=O) groups excluding carboxylic acids is 1. The van der Waals surface area contributed by atoms with Gasteiger partial charge < -0.3 is 19.8 Å². The van der Waals surface area contributed by atoms with E-state index in [4.69, 9.17) is 26.6 Å². The number of carbonyl (C=O) groups is 2. The molecular formula is C18H14ClF3N2O7. The zero-order valence-electron chi connectivity index (χ0n) is 15.4. The molecule has 0 spiro atoms. The molecule has 0 bridgehead atoms. The predicted octanol–water partition coefficient (Wildman–Crippen LogP) is 3.58. The number of benzene rings is 2. The monoisotopic (exact) mass is 462 g/mol. The zero-order chi connectivity index (χ0) is 23.3. The van der Waals surface area contributed by atoms with Gasteiger partial charge in [0.05, 0.1) is 22.1 Å². The highest BCUT2D eigenvalue weighted by atomic mass is 35.5. The summed E-state index contributed by atoms with van der Waals surface area (Å²) in [7, 11) is 0. The van der Waals surface area contributed by atoms with Crippen LogP contribution in [0.5, 0.6) is 11.5 Å². The van der Waals surface area contributed by atoms with Crippen LogP contribution in [0.25, 0.3) is 0 Å². The molecule has 13 heteroatoms. The summed E-state index contributed by atoms with van der Waals surface area (Å²) < 4.78 is 43.6. The maximum Gasteiger partial charge on any atom is 0.416 e. The number of aliphatic hydroxyl groups is 1. The smallest absolute Gasteiger partial charge is 0.416 e. The average molecular weight is 463 g/mol. The average Bonchev–Trinajstić information content (AvgIpc) is 2.67. The molecule has 0 aliphatic rings. The standard InChI is InChI=1S/C18H14ClF3N2O7/c19-13-7-10(18(20,21)22)1-4-15(13)31-11-2-3-14(24(29)30)12(8-11)17(28)23(5-6-25)9-16(26)27/h1-4,7-8,25H,5-6,9H2,(H,26,27). The number of carboxylic acids is 1. The third kappa shape index (κ3) is 6.06. The van der Waals surface area contributed by atoms with Crippen molar-refractivity contribution >= 4 is 29.2 Å². The highest BCUT2D eigenvalue weighted by Crippen LogP contribution is 2.37. The number of aliphatic hydroxyl groups excluding tert-OH is 1. The largest absolute Gasteiger partial charge is 0.480 e. The number of amides is 1. The van der Waals surface area contributed by atoms with Gasteiger partial charge in [-0.3, -0.25) is 19.7 Å². The van der Waals surface area contributed by atoms with E-state index in [0.717, 1.165) is 24.3 Å². The number of nitrogens with zero attached hydrogens (tertiary/aromatic N) is 2. The van der Waals surface area contributed by atoms with E-state index in [0.29, 0.717) is 17.0 Å². The number of nitro benzene ring substituents is 1. The van der Waals surface area contributed by atoms with Gasteiger partial charge in [-0.1, -0.05) is 11.6 Å². The van der Waals surface area contributed by atoms with Crippen LogP contribution in [0.2, 0.25) is 5.02 Å². The van der Waals surface area contributed by atoms with Crippen molar-refractivity contribution in [3.05, 3.63) is 62.7 Å². The van der Waals surface area contributed by atoms with Gasteiger partial charge >= 0.3 is 12.1 Å².